The van der Waals surface area contributed by atoms with Crippen LogP contribution in [-0.2, 0) is 12.8 Å². The van der Waals surface area contributed by atoms with Crippen LogP contribution >= 0.6 is 0 Å². The molecule has 0 N–H and O–H groups in total. The predicted octanol–water partition coefficient (Wildman–Crippen LogP) is 10.2. The van der Waals surface area contributed by atoms with Crippen LogP contribution in [0.1, 0.15) is 36.5 Å². The summed E-state index contributed by atoms with van der Waals surface area (Å²) in [4.78, 5) is 0. The fourth-order valence-electron chi connectivity index (χ4n) is 4.21. The lowest BCUT2D eigenvalue weighted by Gasteiger charge is -2.08. The molecule has 0 saturated heterocycles. The minimum atomic E-state index is -1.45. The third-order valence-corrected chi connectivity index (χ3v) is 6.39. The number of allylic oxidation sites excluding steroid dienone is 3. The molecule has 0 bridgehead atoms. The molecule has 0 spiro atoms. The van der Waals surface area contributed by atoms with Crippen molar-refractivity contribution in [1.82, 2.24) is 0 Å². The molecule has 0 aliphatic carbocycles. The summed E-state index contributed by atoms with van der Waals surface area (Å²) in [5.74, 6) is -5.37. The highest BCUT2D eigenvalue weighted by Gasteiger charge is 2.11. The molecule has 4 aromatic carbocycles. The van der Waals surface area contributed by atoms with Gasteiger partial charge in [0.1, 0.15) is 5.83 Å². The van der Waals surface area contributed by atoms with Gasteiger partial charge in [-0.15, -0.1) is 0 Å². The Balaban J connectivity index is 1.39. The smallest absolute Gasteiger partial charge is 0.194 e. The summed E-state index contributed by atoms with van der Waals surface area (Å²) >= 11 is 0. The topological polar surface area (TPSA) is 0 Å². The first-order valence-corrected chi connectivity index (χ1v) is 12.4. The minimum Gasteiger partial charge on any atom is -0.209 e. The Labute approximate surface area is 219 Å². The zero-order valence-corrected chi connectivity index (χ0v) is 21.0. The van der Waals surface area contributed by atoms with Crippen molar-refractivity contribution < 1.29 is 22.0 Å². The Morgan fingerprint density at radius 2 is 1.08 bits per heavy atom. The number of hydrogen-bond acceptors (Lipinski definition) is 0. The van der Waals surface area contributed by atoms with Crippen LogP contribution in [0.3, 0.4) is 0 Å². The van der Waals surface area contributed by atoms with E-state index in [2.05, 4.69) is 0 Å². The Morgan fingerprint density at radius 1 is 0.632 bits per heavy atom. The average molecular weight is 519 g/mol. The van der Waals surface area contributed by atoms with Gasteiger partial charge in [-0.1, -0.05) is 84.9 Å². The molecule has 0 radical (unpaired) electrons. The van der Waals surface area contributed by atoms with Crippen LogP contribution in [-0.4, -0.2) is 0 Å². The molecule has 0 amide bonds. The van der Waals surface area contributed by atoms with Crippen molar-refractivity contribution in [2.45, 2.75) is 32.6 Å². The highest BCUT2D eigenvalue weighted by Crippen LogP contribution is 2.29. The summed E-state index contributed by atoms with van der Waals surface area (Å²) in [6, 6.07) is 24.6. The lowest BCUT2D eigenvalue weighted by molar-refractivity contribution is 0.445. The lowest BCUT2D eigenvalue weighted by Crippen LogP contribution is -1.97. The summed E-state index contributed by atoms with van der Waals surface area (Å²) < 4.78 is 68.4. The molecule has 0 aromatic heterocycles. The Bertz CT molecular complexity index is 1410. The van der Waals surface area contributed by atoms with E-state index in [-0.39, 0.29) is 12.0 Å². The fraction of sp³-hybridized carbons (Fsp3) is 0.152. The van der Waals surface area contributed by atoms with Crippen molar-refractivity contribution in [1.29, 1.82) is 0 Å². The van der Waals surface area contributed by atoms with Gasteiger partial charge in [0.05, 0.1) is 0 Å². The lowest BCUT2D eigenvalue weighted by atomic mass is 9.97. The van der Waals surface area contributed by atoms with E-state index in [4.69, 9.17) is 0 Å². The highest BCUT2D eigenvalue weighted by atomic mass is 19.2. The minimum absolute atomic E-state index is 0.0363. The molecule has 4 rings (SSSR count). The van der Waals surface area contributed by atoms with E-state index < -0.39 is 29.1 Å². The van der Waals surface area contributed by atoms with Crippen LogP contribution < -0.4 is 0 Å². The van der Waals surface area contributed by atoms with Gasteiger partial charge in [0.2, 0.25) is 0 Å². The molecule has 194 valence electrons. The summed E-state index contributed by atoms with van der Waals surface area (Å²) in [7, 11) is 0. The average Bonchev–Trinajstić information content (AvgIpc) is 2.95. The van der Waals surface area contributed by atoms with E-state index in [9.17, 15) is 22.0 Å². The number of halogens is 5. The molecule has 0 unspecified atom stereocenters. The molecule has 0 saturated carbocycles. The van der Waals surface area contributed by atoms with Gasteiger partial charge in [0.25, 0.3) is 0 Å². The monoisotopic (exact) mass is 518 g/mol. The van der Waals surface area contributed by atoms with Crippen LogP contribution in [0, 0.1) is 17.5 Å². The Kier molecular flexibility index (Phi) is 8.90. The first kappa shape index (κ1) is 27.1. The third kappa shape index (κ3) is 6.65. The Morgan fingerprint density at radius 3 is 1.58 bits per heavy atom. The first-order valence-electron chi connectivity index (χ1n) is 12.4. The van der Waals surface area contributed by atoms with Crippen molar-refractivity contribution in [2.24, 2.45) is 0 Å². The normalized spacial score (nSPS) is 12.2. The van der Waals surface area contributed by atoms with Gasteiger partial charge in [0, 0.05) is 12.0 Å². The van der Waals surface area contributed by atoms with Gasteiger partial charge in [-0.05, 0) is 71.7 Å². The van der Waals surface area contributed by atoms with E-state index in [1.807, 2.05) is 61.5 Å². The van der Waals surface area contributed by atoms with Crippen LogP contribution in [0.5, 0.6) is 0 Å². The zero-order valence-electron chi connectivity index (χ0n) is 21.0. The molecule has 0 heterocycles. The van der Waals surface area contributed by atoms with Crippen molar-refractivity contribution in [3.63, 3.8) is 0 Å². The van der Waals surface area contributed by atoms with Gasteiger partial charge in [0.15, 0.2) is 23.3 Å². The number of benzene rings is 4. The summed E-state index contributed by atoms with van der Waals surface area (Å²) in [5, 5.41) is 0. The maximum absolute atomic E-state index is 14.4. The SMILES string of the molecule is C/C=C/CC/C(F)=C(\F)c1ccc(-c2ccc(-c3ccc(CCc4cc(F)c(F)c(F)c4)cc3)cc2)cc1. The maximum Gasteiger partial charge on any atom is 0.194 e. The second-order valence-corrected chi connectivity index (χ2v) is 9.05. The summed E-state index contributed by atoms with van der Waals surface area (Å²) in [5.41, 5.74) is 5.49. The molecule has 5 heteroatoms. The highest BCUT2D eigenvalue weighted by molar-refractivity contribution is 5.72. The molecule has 0 atom stereocenters. The van der Waals surface area contributed by atoms with E-state index >= 15 is 0 Å². The summed E-state index contributed by atoms with van der Waals surface area (Å²) in [6.45, 7) is 1.84. The van der Waals surface area contributed by atoms with Gasteiger partial charge >= 0.3 is 0 Å². The molecule has 4 aromatic rings. The van der Waals surface area contributed by atoms with Crippen molar-refractivity contribution in [3.8, 4) is 22.3 Å². The molecule has 0 nitrogen and oxygen atoms in total. The van der Waals surface area contributed by atoms with E-state index in [1.54, 1.807) is 30.3 Å². The van der Waals surface area contributed by atoms with E-state index in [1.165, 1.54) is 0 Å². The largest absolute Gasteiger partial charge is 0.209 e. The van der Waals surface area contributed by atoms with Gasteiger partial charge in [-0.25, -0.2) is 22.0 Å². The molecule has 0 aliphatic heterocycles. The van der Waals surface area contributed by atoms with Crippen LogP contribution in [0.15, 0.2) is 103 Å². The van der Waals surface area contributed by atoms with E-state index in [0.717, 1.165) is 39.9 Å². The molecular weight excluding hydrogens is 491 g/mol. The molecule has 38 heavy (non-hydrogen) atoms. The predicted molar refractivity (Wildman–Crippen MR) is 144 cm³/mol. The summed E-state index contributed by atoms with van der Waals surface area (Å²) in [6.07, 6.45) is 5.07. The Hall–Kier alpha value is -3.99. The number of hydrogen-bond donors (Lipinski definition) is 0. The standard InChI is InChI=1S/C33H27F5/c1-2-3-4-5-29(34)32(37)28-18-16-27(17-19-28)26-14-12-25(13-15-26)24-10-8-22(9-11-24)6-7-23-20-30(35)33(38)31(36)21-23/h2-3,8-21H,4-7H2,1H3/b3-2+,32-29+. The quantitative estimate of drug-likeness (QED) is 0.117. The second-order valence-electron chi connectivity index (χ2n) is 9.05. The number of rotatable bonds is 9. The van der Waals surface area contributed by atoms with E-state index in [0.29, 0.717) is 24.8 Å². The maximum atomic E-state index is 14.4. The third-order valence-electron chi connectivity index (χ3n) is 6.39. The van der Waals surface area contributed by atoms with Gasteiger partial charge in [-0.2, -0.15) is 0 Å². The van der Waals surface area contributed by atoms with Crippen LogP contribution in [0.25, 0.3) is 28.1 Å². The second kappa shape index (κ2) is 12.5. The molecule has 0 aliphatic rings. The van der Waals surface area contributed by atoms with Gasteiger partial charge in [-0.3, -0.25) is 0 Å². The van der Waals surface area contributed by atoms with Crippen molar-refractivity contribution in [3.05, 3.63) is 137 Å². The molecule has 0 fully saturated rings. The van der Waals surface area contributed by atoms with Gasteiger partial charge < -0.3 is 0 Å². The van der Waals surface area contributed by atoms with Crippen LogP contribution in [0.4, 0.5) is 22.0 Å². The molecular formula is C33H27F5. The van der Waals surface area contributed by atoms with Crippen molar-refractivity contribution in [2.75, 3.05) is 0 Å². The van der Waals surface area contributed by atoms with Crippen LogP contribution in [0.2, 0.25) is 0 Å². The zero-order chi connectivity index (χ0) is 27.1. The van der Waals surface area contributed by atoms with Crippen molar-refractivity contribution >= 4 is 5.83 Å². The first-order chi connectivity index (χ1) is 18.4. The number of aryl methyl sites for hydroxylation is 2. The fourth-order valence-corrected chi connectivity index (χ4v) is 4.21.